The maximum absolute atomic E-state index is 11.9. The molecule has 0 aromatic carbocycles. The quantitative estimate of drug-likeness (QED) is 0.775. The van der Waals surface area contributed by atoms with Crippen molar-refractivity contribution in [2.24, 2.45) is 0 Å². The average Bonchev–Trinajstić information content (AvgIpc) is 2.32. The van der Waals surface area contributed by atoms with E-state index < -0.39 is 0 Å². The van der Waals surface area contributed by atoms with Gasteiger partial charge in [-0.25, -0.2) is 4.98 Å². The van der Waals surface area contributed by atoms with Crippen LogP contribution >= 0.6 is 0 Å². The Morgan fingerprint density at radius 1 is 1.28 bits per heavy atom. The van der Waals surface area contributed by atoms with Gasteiger partial charge < -0.3 is 0 Å². The Balaban J connectivity index is 2.66. The molecule has 0 aliphatic carbocycles. The molecule has 3 nitrogen and oxygen atoms in total. The van der Waals surface area contributed by atoms with E-state index in [4.69, 9.17) is 0 Å². The standard InChI is InChI=1S/C15H18N2O/c1-4-5-6-9-17-14(18)8-7-13-11(2)10-12(3)16-15(13)17/h5-8,10H,4,9H2,1-3H3. The summed E-state index contributed by atoms with van der Waals surface area (Å²) in [5, 5.41) is 1.05. The fourth-order valence-corrected chi connectivity index (χ4v) is 2.11. The lowest BCUT2D eigenvalue weighted by Gasteiger charge is -2.09. The van der Waals surface area contributed by atoms with Gasteiger partial charge in [0.2, 0.25) is 0 Å². The summed E-state index contributed by atoms with van der Waals surface area (Å²) in [5.74, 6) is 0. The molecule has 0 aliphatic heterocycles. The number of allylic oxidation sites excluding steroid dienone is 2. The Morgan fingerprint density at radius 3 is 2.78 bits per heavy atom. The molecule has 0 atom stereocenters. The zero-order valence-electron chi connectivity index (χ0n) is 11.1. The highest BCUT2D eigenvalue weighted by Crippen LogP contribution is 2.15. The highest BCUT2D eigenvalue weighted by Gasteiger charge is 2.06. The molecule has 18 heavy (non-hydrogen) atoms. The molecule has 0 unspecified atom stereocenters. The molecule has 0 spiro atoms. The highest BCUT2D eigenvalue weighted by molar-refractivity contribution is 5.79. The number of aromatic nitrogens is 2. The SMILES string of the molecule is CCC=CCn1c(=O)ccc2c(C)cc(C)nc21. The van der Waals surface area contributed by atoms with Crippen LogP contribution in [0.5, 0.6) is 0 Å². The first-order valence-corrected chi connectivity index (χ1v) is 6.26. The van der Waals surface area contributed by atoms with Crippen LogP contribution in [-0.2, 0) is 6.54 Å². The maximum Gasteiger partial charge on any atom is 0.252 e. The van der Waals surface area contributed by atoms with Crippen molar-refractivity contribution in [3.63, 3.8) is 0 Å². The number of hydrogen-bond acceptors (Lipinski definition) is 2. The second-order valence-electron chi connectivity index (χ2n) is 4.48. The average molecular weight is 242 g/mol. The van der Waals surface area contributed by atoms with Crippen LogP contribution in [0.4, 0.5) is 0 Å². The van der Waals surface area contributed by atoms with Crippen LogP contribution in [0.25, 0.3) is 11.0 Å². The monoisotopic (exact) mass is 242 g/mol. The van der Waals surface area contributed by atoms with Gasteiger partial charge in [0.05, 0.1) is 0 Å². The predicted octanol–water partition coefficient (Wildman–Crippen LogP) is 2.98. The number of fused-ring (bicyclic) bond motifs is 1. The summed E-state index contributed by atoms with van der Waals surface area (Å²) in [6.45, 7) is 6.67. The summed E-state index contributed by atoms with van der Waals surface area (Å²) in [4.78, 5) is 16.4. The van der Waals surface area contributed by atoms with E-state index >= 15 is 0 Å². The minimum absolute atomic E-state index is 0.000697. The highest BCUT2D eigenvalue weighted by atomic mass is 16.1. The van der Waals surface area contributed by atoms with E-state index in [0.29, 0.717) is 6.54 Å². The van der Waals surface area contributed by atoms with Crippen LogP contribution in [0.3, 0.4) is 0 Å². The molecule has 3 heteroatoms. The van der Waals surface area contributed by atoms with Crippen molar-refractivity contribution in [1.82, 2.24) is 9.55 Å². The minimum Gasteiger partial charge on any atom is -0.289 e. The van der Waals surface area contributed by atoms with Crippen molar-refractivity contribution >= 4 is 11.0 Å². The van der Waals surface area contributed by atoms with Crippen molar-refractivity contribution in [2.75, 3.05) is 0 Å². The van der Waals surface area contributed by atoms with Crippen LogP contribution in [-0.4, -0.2) is 9.55 Å². The third-order valence-electron chi connectivity index (χ3n) is 2.98. The minimum atomic E-state index is 0.000697. The molecule has 0 amide bonds. The van der Waals surface area contributed by atoms with Gasteiger partial charge >= 0.3 is 0 Å². The van der Waals surface area contributed by atoms with E-state index in [1.54, 1.807) is 10.6 Å². The van der Waals surface area contributed by atoms with Crippen LogP contribution in [0.15, 0.2) is 35.1 Å². The molecule has 0 fully saturated rings. The smallest absolute Gasteiger partial charge is 0.252 e. The number of aryl methyl sites for hydroxylation is 2. The Bertz CT molecular complexity index is 653. The molecule has 0 saturated heterocycles. The number of hydrogen-bond donors (Lipinski definition) is 0. The van der Waals surface area contributed by atoms with Gasteiger partial charge in [-0.2, -0.15) is 0 Å². The molecule has 94 valence electrons. The van der Waals surface area contributed by atoms with E-state index in [1.165, 1.54) is 0 Å². The number of nitrogens with zero attached hydrogens (tertiary/aromatic N) is 2. The van der Waals surface area contributed by atoms with E-state index in [-0.39, 0.29) is 5.56 Å². The van der Waals surface area contributed by atoms with Gasteiger partial charge in [0.1, 0.15) is 5.65 Å². The summed E-state index contributed by atoms with van der Waals surface area (Å²) >= 11 is 0. The van der Waals surface area contributed by atoms with Crippen LogP contribution in [0.2, 0.25) is 0 Å². The predicted molar refractivity (Wildman–Crippen MR) is 74.9 cm³/mol. The van der Waals surface area contributed by atoms with Crippen molar-refractivity contribution in [2.45, 2.75) is 33.7 Å². The normalized spacial score (nSPS) is 11.5. The lowest BCUT2D eigenvalue weighted by atomic mass is 10.1. The molecule has 0 aliphatic rings. The lowest BCUT2D eigenvalue weighted by molar-refractivity contribution is 0.799. The second kappa shape index (κ2) is 5.17. The van der Waals surface area contributed by atoms with Crippen LogP contribution in [0.1, 0.15) is 24.6 Å². The van der Waals surface area contributed by atoms with Gasteiger partial charge in [0.25, 0.3) is 5.56 Å². The van der Waals surface area contributed by atoms with Gasteiger partial charge in [-0.05, 0) is 38.0 Å². The Labute approximate surface area is 107 Å². The van der Waals surface area contributed by atoms with Gasteiger partial charge in [0, 0.05) is 23.7 Å². The molecular formula is C15H18N2O. The van der Waals surface area contributed by atoms with Crippen molar-refractivity contribution in [1.29, 1.82) is 0 Å². The summed E-state index contributed by atoms with van der Waals surface area (Å²) in [6, 6.07) is 5.52. The third-order valence-corrected chi connectivity index (χ3v) is 2.98. The fourth-order valence-electron chi connectivity index (χ4n) is 2.11. The first-order valence-electron chi connectivity index (χ1n) is 6.26. The molecule has 0 N–H and O–H groups in total. The molecule has 2 aromatic heterocycles. The molecular weight excluding hydrogens is 224 g/mol. The van der Waals surface area contributed by atoms with Gasteiger partial charge in [0.15, 0.2) is 0 Å². The Kier molecular flexibility index (Phi) is 3.60. The summed E-state index contributed by atoms with van der Waals surface area (Å²) in [5.41, 5.74) is 2.88. The van der Waals surface area contributed by atoms with Crippen molar-refractivity contribution in [3.05, 3.63) is 52.0 Å². The van der Waals surface area contributed by atoms with E-state index in [0.717, 1.165) is 28.7 Å². The van der Waals surface area contributed by atoms with E-state index in [2.05, 4.69) is 18.0 Å². The molecule has 2 aromatic rings. The summed E-state index contributed by atoms with van der Waals surface area (Å²) in [7, 11) is 0. The first kappa shape index (κ1) is 12.6. The molecule has 2 rings (SSSR count). The van der Waals surface area contributed by atoms with Crippen LogP contribution in [0, 0.1) is 13.8 Å². The van der Waals surface area contributed by atoms with Crippen molar-refractivity contribution in [3.8, 4) is 0 Å². The first-order chi connectivity index (χ1) is 8.63. The fraction of sp³-hybridized carbons (Fsp3) is 0.333. The van der Waals surface area contributed by atoms with Gasteiger partial charge in [-0.15, -0.1) is 0 Å². The largest absolute Gasteiger partial charge is 0.289 e. The maximum atomic E-state index is 11.9. The molecule has 0 saturated carbocycles. The lowest BCUT2D eigenvalue weighted by Crippen LogP contribution is -2.19. The van der Waals surface area contributed by atoms with E-state index in [1.807, 2.05) is 32.1 Å². The zero-order valence-corrected chi connectivity index (χ0v) is 11.1. The molecule has 2 heterocycles. The number of pyridine rings is 2. The summed E-state index contributed by atoms with van der Waals surface area (Å²) in [6.07, 6.45) is 5.05. The Hall–Kier alpha value is -1.90. The van der Waals surface area contributed by atoms with Gasteiger partial charge in [-0.3, -0.25) is 9.36 Å². The van der Waals surface area contributed by atoms with Crippen LogP contribution < -0.4 is 5.56 Å². The zero-order chi connectivity index (χ0) is 13.1. The third kappa shape index (κ3) is 2.35. The molecule has 0 bridgehead atoms. The van der Waals surface area contributed by atoms with Gasteiger partial charge in [-0.1, -0.05) is 19.1 Å². The van der Waals surface area contributed by atoms with Crippen molar-refractivity contribution < 1.29 is 0 Å². The topological polar surface area (TPSA) is 34.9 Å². The van der Waals surface area contributed by atoms with E-state index in [9.17, 15) is 4.79 Å². The Morgan fingerprint density at radius 2 is 2.06 bits per heavy atom. The second-order valence-corrected chi connectivity index (χ2v) is 4.48. The summed E-state index contributed by atoms with van der Waals surface area (Å²) < 4.78 is 1.72. The molecule has 0 radical (unpaired) electrons. The number of rotatable bonds is 3.